The van der Waals surface area contributed by atoms with Crippen molar-refractivity contribution in [2.75, 3.05) is 0 Å². The second kappa shape index (κ2) is 9.23. The first-order valence-corrected chi connectivity index (χ1v) is 10.1. The Kier molecular flexibility index (Phi) is 7.86. The van der Waals surface area contributed by atoms with E-state index in [1.54, 1.807) is 62.3 Å². The van der Waals surface area contributed by atoms with Crippen LogP contribution in [0.25, 0.3) is 0 Å². The van der Waals surface area contributed by atoms with E-state index in [0.717, 1.165) is 0 Å². The smallest absolute Gasteiger partial charge is 0.417 e. The molecule has 10 heteroatoms. The van der Waals surface area contributed by atoms with E-state index < -0.39 is 52.7 Å². The molecule has 0 bridgehead atoms. The van der Waals surface area contributed by atoms with Gasteiger partial charge in [0.1, 0.15) is 22.8 Å². The third-order valence-electron chi connectivity index (χ3n) is 3.87. The van der Waals surface area contributed by atoms with Crippen molar-refractivity contribution in [2.45, 2.75) is 98.0 Å². The molecule has 0 saturated carbocycles. The molecule has 1 aliphatic heterocycles. The van der Waals surface area contributed by atoms with E-state index in [4.69, 9.17) is 14.2 Å². The molecule has 1 aliphatic rings. The quantitative estimate of drug-likeness (QED) is 0.231. The standard InChI is InChI=1S/C21H34N2O8/c1-19(2,3)29-16(25)13(22-28)10-12-11-14(17(26)30-20(4,5)6)23(15(12)24)18(27)31-21(7,8)9/h12,14,28H,10-11H2,1-9H3/b22-13-/t12?,14-/m0/s1. The zero-order chi connectivity index (χ0) is 24.4. The van der Waals surface area contributed by atoms with Gasteiger partial charge in [-0.05, 0) is 68.7 Å². The second-order valence-electron chi connectivity index (χ2n) is 10.4. The van der Waals surface area contributed by atoms with Crippen molar-refractivity contribution in [1.29, 1.82) is 0 Å². The minimum atomic E-state index is -1.23. The molecule has 31 heavy (non-hydrogen) atoms. The first-order valence-electron chi connectivity index (χ1n) is 10.1. The van der Waals surface area contributed by atoms with Crippen molar-refractivity contribution < 1.29 is 38.6 Å². The van der Waals surface area contributed by atoms with Crippen molar-refractivity contribution >= 4 is 29.7 Å². The van der Waals surface area contributed by atoms with Crippen LogP contribution in [0.5, 0.6) is 0 Å². The molecular weight excluding hydrogens is 408 g/mol. The van der Waals surface area contributed by atoms with E-state index in [2.05, 4.69) is 5.16 Å². The van der Waals surface area contributed by atoms with Crippen molar-refractivity contribution in [3.63, 3.8) is 0 Å². The summed E-state index contributed by atoms with van der Waals surface area (Å²) in [5.41, 5.74) is -2.97. The Balaban J connectivity index is 3.16. The van der Waals surface area contributed by atoms with Gasteiger partial charge in [0.2, 0.25) is 5.91 Å². The third-order valence-corrected chi connectivity index (χ3v) is 3.87. The molecule has 1 N–H and O–H groups in total. The number of rotatable bonds is 4. The molecule has 0 aliphatic carbocycles. The molecule has 1 fully saturated rings. The molecule has 1 heterocycles. The molecule has 1 saturated heterocycles. The predicted octanol–water partition coefficient (Wildman–Crippen LogP) is 3.04. The molecule has 0 radical (unpaired) electrons. The normalized spacial score (nSPS) is 20.5. The third kappa shape index (κ3) is 8.18. The number of oxime groups is 1. The lowest BCUT2D eigenvalue weighted by molar-refractivity contribution is -0.161. The van der Waals surface area contributed by atoms with Crippen molar-refractivity contribution in [1.82, 2.24) is 4.90 Å². The summed E-state index contributed by atoms with van der Waals surface area (Å²) in [6, 6.07) is -1.23. The molecular formula is C21H34N2O8. The van der Waals surface area contributed by atoms with Crippen LogP contribution >= 0.6 is 0 Å². The number of imide groups is 1. The van der Waals surface area contributed by atoms with Crippen LogP contribution in [0, 0.1) is 5.92 Å². The Morgan fingerprint density at radius 3 is 1.84 bits per heavy atom. The maximum absolute atomic E-state index is 13.0. The van der Waals surface area contributed by atoms with E-state index in [0.29, 0.717) is 4.90 Å². The van der Waals surface area contributed by atoms with Crippen LogP contribution in [0.15, 0.2) is 5.16 Å². The Morgan fingerprint density at radius 1 is 0.935 bits per heavy atom. The number of likely N-dealkylation sites (tertiary alicyclic amines) is 1. The lowest BCUT2D eigenvalue weighted by Crippen LogP contribution is -2.47. The minimum Gasteiger partial charge on any atom is -0.458 e. The van der Waals surface area contributed by atoms with Crippen molar-refractivity contribution in [3.8, 4) is 0 Å². The van der Waals surface area contributed by atoms with Gasteiger partial charge in [-0.1, -0.05) is 5.16 Å². The monoisotopic (exact) mass is 442 g/mol. The number of esters is 2. The van der Waals surface area contributed by atoms with E-state index in [1.165, 1.54) is 0 Å². The fourth-order valence-corrected chi connectivity index (χ4v) is 2.83. The summed E-state index contributed by atoms with van der Waals surface area (Å²) in [6.07, 6.45) is -1.42. The van der Waals surface area contributed by atoms with Crippen LogP contribution in [-0.2, 0) is 28.6 Å². The van der Waals surface area contributed by atoms with Gasteiger partial charge >= 0.3 is 18.0 Å². The van der Waals surface area contributed by atoms with Crippen LogP contribution in [0.3, 0.4) is 0 Å². The molecule has 0 spiro atoms. The number of carbonyl (C=O) groups excluding carboxylic acids is 4. The molecule has 0 aromatic carbocycles. The van der Waals surface area contributed by atoms with Gasteiger partial charge < -0.3 is 19.4 Å². The largest absolute Gasteiger partial charge is 0.458 e. The molecule has 2 atom stereocenters. The Labute approximate surface area is 182 Å². The highest BCUT2D eigenvalue weighted by molar-refractivity contribution is 6.36. The highest BCUT2D eigenvalue weighted by atomic mass is 16.6. The molecule has 0 aromatic rings. The first-order chi connectivity index (χ1) is 13.8. The van der Waals surface area contributed by atoms with E-state index in [9.17, 15) is 24.4 Å². The van der Waals surface area contributed by atoms with E-state index in [1.807, 2.05) is 0 Å². The minimum absolute atomic E-state index is 0.116. The molecule has 1 unspecified atom stereocenters. The van der Waals surface area contributed by atoms with Gasteiger partial charge in [0.05, 0.1) is 0 Å². The fraction of sp³-hybridized carbons (Fsp3) is 0.762. The average Bonchev–Trinajstić information content (AvgIpc) is 2.84. The van der Waals surface area contributed by atoms with E-state index in [-0.39, 0.29) is 18.6 Å². The van der Waals surface area contributed by atoms with Crippen LogP contribution in [-0.4, -0.2) is 62.6 Å². The summed E-state index contributed by atoms with van der Waals surface area (Å²) in [5, 5.41) is 12.2. The maximum Gasteiger partial charge on any atom is 0.417 e. The summed E-state index contributed by atoms with van der Waals surface area (Å²) in [7, 11) is 0. The van der Waals surface area contributed by atoms with Crippen LogP contribution in [0.1, 0.15) is 75.2 Å². The van der Waals surface area contributed by atoms with Gasteiger partial charge in [-0.2, -0.15) is 0 Å². The average molecular weight is 443 g/mol. The second-order valence-corrected chi connectivity index (χ2v) is 10.4. The Hall–Kier alpha value is -2.65. The number of amides is 2. The summed E-state index contributed by atoms with van der Waals surface area (Å²) in [4.78, 5) is 51.4. The van der Waals surface area contributed by atoms with Crippen LogP contribution < -0.4 is 0 Å². The van der Waals surface area contributed by atoms with Gasteiger partial charge in [-0.25, -0.2) is 19.3 Å². The van der Waals surface area contributed by atoms with Gasteiger partial charge in [-0.15, -0.1) is 0 Å². The summed E-state index contributed by atoms with van der Waals surface area (Å²) < 4.78 is 15.8. The molecule has 10 nitrogen and oxygen atoms in total. The van der Waals surface area contributed by atoms with Gasteiger partial charge in [0, 0.05) is 12.3 Å². The van der Waals surface area contributed by atoms with Gasteiger partial charge in [0.25, 0.3) is 0 Å². The summed E-state index contributed by atoms with van der Waals surface area (Å²) in [6.45, 7) is 14.8. The zero-order valence-corrected chi connectivity index (χ0v) is 19.8. The Bertz CT molecular complexity index is 753. The highest BCUT2D eigenvalue weighted by Gasteiger charge is 2.50. The highest BCUT2D eigenvalue weighted by Crippen LogP contribution is 2.31. The predicted molar refractivity (Wildman–Crippen MR) is 111 cm³/mol. The van der Waals surface area contributed by atoms with Crippen LogP contribution in [0.4, 0.5) is 4.79 Å². The Morgan fingerprint density at radius 2 is 1.42 bits per heavy atom. The fourth-order valence-electron chi connectivity index (χ4n) is 2.83. The first kappa shape index (κ1) is 26.4. The van der Waals surface area contributed by atoms with Crippen molar-refractivity contribution in [3.05, 3.63) is 0 Å². The summed E-state index contributed by atoms with van der Waals surface area (Å²) in [5.74, 6) is -3.38. The lowest BCUT2D eigenvalue weighted by Gasteiger charge is -2.28. The van der Waals surface area contributed by atoms with Crippen LogP contribution in [0.2, 0.25) is 0 Å². The number of hydrogen-bond acceptors (Lipinski definition) is 9. The van der Waals surface area contributed by atoms with Crippen molar-refractivity contribution in [2.24, 2.45) is 11.1 Å². The molecule has 176 valence electrons. The number of hydrogen-bond donors (Lipinski definition) is 1. The summed E-state index contributed by atoms with van der Waals surface area (Å²) >= 11 is 0. The molecule has 2 amide bonds. The molecule has 0 aromatic heterocycles. The van der Waals surface area contributed by atoms with Gasteiger partial charge in [-0.3, -0.25) is 4.79 Å². The zero-order valence-electron chi connectivity index (χ0n) is 19.8. The maximum atomic E-state index is 13.0. The molecule has 1 rings (SSSR count). The topological polar surface area (TPSA) is 132 Å². The van der Waals surface area contributed by atoms with Gasteiger partial charge in [0.15, 0.2) is 5.71 Å². The SMILES string of the molecule is CC(C)(C)OC(=O)/C(CC1C[C@@H](C(=O)OC(C)(C)C)N(C(=O)OC(C)(C)C)C1=O)=N\O. The number of carbonyl (C=O) groups is 4. The number of ether oxygens (including phenoxy) is 3. The lowest BCUT2D eigenvalue weighted by atomic mass is 9.98. The van der Waals surface area contributed by atoms with E-state index >= 15 is 0 Å². The number of nitrogens with zero attached hydrogens (tertiary/aromatic N) is 2.